The summed E-state index contributed by atoms with van der Waals surface area (Å²) in [6, 6.07) is 5.78. The van der Waals surface area contributed by atoms with Gasteiger partial charge in [-0.15, -0.1) is 0 Å². The molecule has 5 nitrogen and oxygen atoms in total. The number of hydrogen-bond acceptors (Lipinski definition) is 4. The highest BCUT2D eigenvalue weighted by molar-refractivity contribution is 5.84. The van der Waals surface area contributed by atoms with Crippen molar-refractivity contribution >= 4 is 22.7 Å². The Balaban J connectivity index is 2.06. The molecule has 0 spiro atoms. The van der Waals surface area contributed by atoms with Gasteiger partial charge in [0.2, 0.25) is 0 Å². The van der Waals surface area contributed by atoms with E-state index in [-0.39, 0.29) is 11.5 Å². The van der Waals surface area contributed by atoms with E-state index in [1.165, 1.54) is 18.5 Å². The normalized spacial score (nSPS) is 10.8. The molecule has 0 aliphatic rings. The largest absolute Gasteiger partial charge is 0.340 e. The summed E-state index contributed by atoms with van der Waals surface area (Å²) in [7, 11) is 0. The number of nitrogens with zero attached hydrogens (tertiary/aromatic N) is 3. The number of aromatic amines is 1. The molecule has 0 saturated carbocycles. The van der Waals surface area contributed by atoms with Crippen LogP contribution in [0.15, 0.2) is 30.6 Å². The van der Waals surface area contributed by atoms with Gasteiger partial charge >= 0.3 is 6.08 Å². The summed E-state index contributed by atoms with van der Waals surface area (Å²) < 4.78 is 26.2. The topological polar surface area (TPSA) is 66.5 Å². The Hall–Kier alpha value is -2.57. The molecular formula is C11H7F2N5. The van der Waals surface area contributed by atoms with Crippen LogP contribution in [0, 0.1) is 11.9 Å². The molecule has 0 fully saturated rings. The molecule has 0 saturated heterocycles. The van der Waals surface area contributed by atoms with Crippen molar-refractivity contribution in [1.29, 1.82) is 0 Å². The Bertz CT molecular complexity index is 709. The minimum atomic E-state index is -0.895. The summed E-state index contributed by atoms with van der Waals surface area (Å²) >= 11 is 0. The van der Waals surface area contributed by atoms with E-state index >= 15 is 0 Å². The van der Waals surface area contributed by atoms with Gasteiger partial charge in [0.15, 0.2) is 11.5 Å². The van der Waals surface area contributed by atoms with Gasteiger partial charge in [0, 0.05) is 5.69 Å². The Kier molecular flexibility index (Phi) is 2.36. The molecule has 3 aromatic rings. The number of nitrogens with one attached hydrogen (secondary N) is 2. The summed E-state index contributed by atoms with van der Waals surface area (Å²) in [6.45, 7) is 0. The average Bonchev–Trinajstić information content (AvgIpc) is 2.77. The molecule has 0 radical (unpaired) electrons. The summed E-state index contributed by atoms with van der Waals surface area (Å²) in [6.07, 6.45) is 0.490. The molecule has 0 amide bonds. The van der Waals surface area contributed by atoms with Crippen molar-refractivity contribution in [2.75, 3.05) is 5.32 Å². The number of hydrogen-bond donors (Lipinski definition) is 2. The molecule has 0 aliphatic carbocycles. The standard InChI is InChI=1S/C11H7F2N5/c12-6-2-1-3-7(4-6)16-10-8-9(15-5-14-8)17-11(13)18-10/h1-5H,(H2,14,15,16,17,18). The third-order valence-electron chi connectivity index (χ3n) is 2.35. The van der Waals surface area contributed by atoms with Gasteiger partial charge in [-0.2, -0.15) is 14.4 Å². The number of halogens is 2. The van der Waals surface area contributed by atoms with Crippen LogP contribution in [0.2, 0.25) is 0 Å². The number of anilines is 2. The fourth-order valence-electron chi connectivity index (χ4n) is 1.60. The lowest BCUT2D eigenvalue weighted by atomic mass is 10.3. The van der Waals surface area contributed by atoms with Crippen LogP contribution in [-0.2, 0) is 0 Å². The minimum Gasteiger partial charge on any atom is -0.340 e. The number of benzene rings is 1. The predicted molar refractivity (Wildman–Crippen MR) is 61.3 cm³/mol. The average molecular weight is 247 g/mol. The molecule has 0 aliphatic heterocycles. The summed E-state index contributed by atoms with van der Waals surface area (Å²) in [5, 5.41) is 2.81. The molecule has 2 N–H and O–H groups in total. The third-order valence-corrected chi connectivity index (χ3v) is 2.35. The highest BCUT2D eigenvalue weighted by atomic mass is 19.1. The Morgan fingerprint density at radius 2 is 2.06 bits per heavy atom. The molecule has 3 rings (SSSR count). The number of imidazole rings is 1. The second-order valence-electron chi connectivity index (χ2n) is 3.58. The van der Waals surface area contributed by atoms with Gasteiger partial charge in [0.1, 0.15) is 11.3 Å². The number of rotatable bonds is 2. The zero-order chi connectivity index (χ0) is 12.5. The molecule has 0 atom stereocenters. The van der Waals surface area contributed by atoms with Crippen molar-refractivity contribution in [2.45, 2.75) is 0 Å². The fourth-order valence-corrected chi connectivity index (χ4v) is 1.60. The van der Waals surface area contributed by atoms with E-state index in [0.29, 0.717) is 11.2 Å². The van der Waals surface area contributed by atoms with Crippen LogP contribution in [0.25, 0.3) is 11.2 Å². The maximum atomic E-state index is 13.2. The lowest BCUT2D eigenvalue weighted by Crippen LogP contribution is -1.99. The van der Waals surface area contributed by atoms with Gasteiger partial charge in [-0.05, 0) is 18.2 Å². The Morgan fingerprint density at radius 1 is 1.17 bits per heavy atom. The first kappa shape index (κ1) is 10.6. The lowest BCUT2D eigenvalue weighted by molar-refractivity contribution is 0.545. The highest BCUT2D eigenvalue weighted by Gasteiger charge is 2.09. The van der Waals surface area contributed by atoms with Crippen molar-refractivity contribution in [1.82, 2.24) is 19.9 Å². The van der Waals surface area contributed by atoms with E-state index in [1.54, 1.807) is 12.1 Å². The van der Waals surface area contributed by atoms with E-state index in [0.717, 1.165) is 0 Å². The molecule has 7 heteroatoms. The molecule has 0 unspecified atom stereocenters. The van der Waals surface area contributed by atoms with Crippen molar-refractivity contribution in [3.63, 3.8) is 0 Å². The lowest BCUT2D eigenvalue weighted by Gasteiger charge is -2.05. The highest BCUT2D eigenvalue weighted by Crippen LogP contribution is 2.21. The van der Waals surface area contributed by atoms with Crippen LogP contribution < -0.4 is 5.32 Å². The molecule has 0 bridgehead atoms. The van der Waals surface area contributed by atoms with Gasteiger partial charge in [-0.1, -0.05) is 6.07 Å². The molecular weight excluding hydrogens is 240 g/mol. The van der Waals surface area contributed by atoms with Gasteiger partial charge < -0.3 is 10.3 Å². The first-order valence-corrected chi connectivity index (χ1v) is 5.11. The zero-order valence-electron chi connectivity index (χ0n) is 8.98. The van der Waals surface area contributed by atoms with Gasteiger partial charge in [-0.25, -0.2) is 9.37 Å². The van der Waals surface area contributed by atoms with E-state index < -0.39 is 11.9 Å². The third kappa shape index (κ3) is 1.86. The first-order chi connectivity index (χ1) is 8.72. The predicted octanol–water partition coefficient (Wildman–Crippen LogP) is 2.37. The van der Waals surface area contributed by atoms with Crippen LogP contribution in [0.3, 0.4) is 0 Å². The maximum absolute atomic E-state index is 13.2. The smallest absolute Gasteiger partial charge is 0.312 e. The summed E-state index contributed by atoms with van der Waals surface area (Å²) in [4.78, 5) is 13.8. The van der Waals surface area contributed by atoms with Crippen LogP contribution >= 0.6 is 0 Å². The van der Waals surface area contributed by atoms with Gasteiger partial charge in [-0.3, -0.25) is 0 Å². The van der Waals surface area contributed by atoms with E-state index in [9.17, 15) is 8.78 Å². The zero-order valence-corrected chi connectivity index (χ0v) is 8.98. The number of fused-ring (bicyclic) bond motifs is 1. The molecule has 90 valence electrons. The van der Waals surface area contributed by atoms with Crippen LogP contribution in [-0.4, -0.2) is 19.9 Å². The van der Waals surface area contributed by atoms with Crippen LogP contribution in [0.5, 0.6) is 0 Å². The number of aromatic nitrogens is 4. The van der Waals surface area contributed by atoms with Crippen molar-refractivity contribution in [3.8, 4) is 0 Å². The summed E-state index contributed by atoms with van der Waals surface area (Å²) in [5.74, 6) is -0.184. The fraction of sp³-hybridized carbons (Fsp3) is 0. The summed E-state index contributed by atoms with van der Waals surface area (Å²) in [5.41, 5.74) is 1.13. The van der Waals surface area contributed by atoms with Gasteiger partial charge in [0.05, 0.1) is 6.33 Å². The molecule has 1 aromatic carbocycles. The Morgan fingerprint density at radius 3 is 2.89 bits per heavy atom. The van der Waals surface area contributed by atoms with Crippen molar-refractivity contribution in [2.24, 2.45) is 0 Å². The van der Waals surface area contributed by atoms with E-state index in [4.69, 9.17) is 0 Å². The van der Waals surface area contributed by atoms with Crippen LogP contribution in [0.4, 0.5) is 20.3 Å². The second kappa shape index (κ2) is 4.02. The van der Waals surface area contributed by atoms with Crippen molar-refractivity contribution in [3.05, 3.63) is 42.5 Å². The number of H-pyrrole nitrogens is 1. The van der Waals surface area contributed by atoms with E-state index in [1.807, 2.05) is 0 Å². The van der Waals surface area contributed by atoms with Crippen LogP contribution in [0.1, 0.15) is 0 Å². The second-order valence-corrected chi connectivity index (χ2v) is 3.58. The SMILES string of the molecule is Fc1cccc(Nc2nc(F)nc3nc[nH]c23)c1. The van der Waals surface area contributed by atoms with Gasteiger partial charge in [0.25, 0.3) is 0 Å². The quantitative estimate of drug-likeness (QED) is 0.682. The molecule has 18 heavy (non-hydrogen) atoms. The van der Waals surface area contributed by atoms with Crippen molar-refractivity contribution < 1.29 is 8.78 Å². The molecule has 2 heterocycles. The minimum absolute atomic E-state index is 0.209. The first-order valence-electron chi connectivity index (χ1n) is 5.11. The van der Waals surface area contributed by atoms with E-state index in [2.05, 4.69) is 25.3 Å². The Labute approximate surface area is 99.9 Å². The monoisotopic (exact) mass is 247 g/mol. The molecule has 2 aromatic heterocycles. The maximum Gasteiger partial charge on any atom is 0.312 e.